The molecule has 4 aliphatic rings. The normalized spacial score (nSPS) is 27.7. The number of benzene rings is 2. The fraction of sp³-hybridized carbons (Fsp3) is 0.600. The van der Waals surface area contributed by atoms with Gasteiger partial charge in [0.1, 0.15) is 11.8 Å². The number of rotatable bonds is 12. The molecule has 8 atom stereocenters. The van der Waals surface area contributed by atoms with Gasteiger partial charge in [0, 0.05) is 53.3 Å². The number of azide groups is 1. The molecule has 3 saturated carbocycles. The molecule has 2 bridgehead atoms. The lowest BCUT2D eigenvalue weighted by molar-refractivity contribution is -0.175. The molecule has 4 fully saturated rings. The molecular weight excluding hydrogens is 662 g/mol. The first-order valence-electron chi connectivity index (χ1n) is 16.9. The molecule has 1 saturated heterocycles. The van der Waals surface area contributed by atoms with Crippen LogP contribution in [0.3, 0.4) is 0 Å². The van der Waals surface area contributed by atoms with Crippen molar-refractivity contribution in [1.82, 2.24) is 15.1 Å². The maximum atomic E-state index is 14.3. The first-order valence-corrected chi connectivity index (χ1v) is 18.8. The molecule has 6 rings (SSSR count). The SMILES string of the molecule is COc1c(CN2O[C@@H](CN=[N+]=[N-])[C@@H]([C@H](C)O)C2C(=O)N[C@H]2C[C@H]3C[C@@H]([C@@H]2C)C3(C)C)cccc1-c1cc(C(=O)NS(C)(=O)=O)cc(N(C)C)c1. The van der Waals surface area contributed by atoms with E-state index in [0.29, 0.717) is 40.0 Å². The lowest BCUT2D eigenvalue weighted by atomic mass is 9.45. The summed E-state index contributed by atoms with van der Waals surface area (Å²) in [5.74, 6) is 0.0804. The lowest BCUT2D eigenvalue weighted by Crippen LogP contribution is -2.62. The number of ether oxygens (including phenoxy) is 1. The highest BCUT2D eigenvalue weighted by atomic mass is 32.2. The third kappa shape index (κ3) is 7.42. The van der Waals surface area contributed by atoms with Crippen molar-refractivity contribution in [3.8, 4) is 16.9 Å². The highest BCUT2D eigenvalue weighted by molar-refractivity contribution is 7.89. The maximum Gasteiger partial charge on any atom is 0.264 e. The Morgan fingerprint density at radius 2 is 1.96 bits per heavy atom. The number of fused-ring (bicyclic) bond motifs is 2. The van der Waals surface area contributed by atoms with Crippen molar-refractivity contribution in [2.45, 2.75) is 71.4 Å². The number of sulfonamides is 1. The van der Waals surface area contributed by atoms with Crippen LogP contribution in [0.15, 0.2) is 41.5 Å². The largest absolute Gasteiger partial charge is 0.496 e. The van der Waals surface area contributed by atoms with E-state index >= 15 is 0 Å². The van der Waals surface area contributed by atoms with Gasteiger partial charge in [-0.1, -0.05) is 44.1 Å². The summed E-state index contributed by atoms with van der Waals surface area (Å²) in [4.78, 5) is 38.2. The number of carbonyl (C=O) groups excluding carboxylic acids is 2. The Bertz CT molecular complexity index is 1780. The molecule has 272 valence electrons. The number of methoxy groups -OCH3 is 1. The van der Waals surface area contributed by atoms with E-state index in [1.165, 1.54) is 13.5 Å². The van der Waals surface area contributed by atoms with Crippen LogP contribution in [-0.2, 0) is 26.2 Å². The van der Waals surface area contributed by atoms with E-state index in [1.54, 1.807) is 29.0 Å². The van der Waals surface area contributed by atoms with Crippen LogP contribution in [0.4, 0.5) is 5.69 Å². The van der Waals surface area contributed by atoms with Crippen molar-refractivity contribution in [2.75, 3.05) is 38.9 Å². The summed E-state index contributed by atoms with van der Waals surface area (Å²) in [5, 5.41) is 19.6. The Labute approximate surface area is 294 Å². The van der Waals surface area contributed by atoms with E-state index < -0.39 is 40.1 Å². The minimum absolute atomic E-state index is 0.0112. The van der Waals surface area contributed by atoms with E-state index in [2.05, 4.69) is 36.1 Å². The van der Waals surface area contributed by atoms with Crippen LogP contribution >= 0.6 is 0 Å². The number of anilines is 1. The summed E-state index contributed by atoms with van der Waals surface area (Å²) >= 11 is 0. The molecule has 1 aliphatic heterocycles. The Hall–Kier alpha value is -3.88. The molecule has 15 heteroatoms. The molecule has 1 unspecified atom stereocenters. The van der Waals surface area contributed by atoms with E-state index in [4.69, 9.17) is 15.1 Å². The van der Waals surface area contributed by atoms with E-state index in [-0.39, 0.29) is 41.9 Å². The zero-order chi connectivity index (χ0) is 36.7. The van der Waals surface area contributed by atoms with Gasteiger partial charge in [-0.2, -0.15) is 5.06 Å². The van der Waals surface area contributed by atoms with Crippen LogP contribution < -0.4 is 19.7 Å². The average Bonchev–Trinajstić information content (AvgIpc) is 3.41. The molecule has 0 spiro atoms. The van der Waals surface area contributed by atoms with Crippen LogP contribution in [0.25, 0.3) is 21.6 Å². The number of carbonyl (C=O) groups is 2. The van der Waals surface area contributed by atoms with Gasteiger partial charge in [-0.3, -0.25) is 14.4 Å². The summed E-state index contributed by atoms with van der Waals surface area (Å²) in [6.45, 7) is 8.43. The van der Waals surface area contributed by atoms with Gasteiger partial charge >= 0.3 is 0 Å². The average molecular weight is 712 g/mol. The van der Waals surface area contributed by atoms with Gasteiger partial charge < -0.3 is 20.1 Å². The molecule has 2 amide bonds. The zero-order valence-corrected chi connectivity index (χ0v) is 30.8. The Kier molecular flexibility index (Phi) is 10.8. The second-order valence-corrected chi connectivity index (χ2v) is 16.6. The van der Waals surface area contributed by atoms with Crippen LogP contribution in [0.5, 0.6) is 5.75 Å². The number of hydroxylamine groups is 2. The monoisotopic (exact) mass is 711 g/mol. The molecule has 0 radical (unpaired) electrons. The fourth-order valence-corrected chi connectivity index (χ4v) is 8.78. The molecule has 50 heavy (non-hydrogen) atoms. The minimum Gasteiger partial charge on any atom is -0.496 e. The fourth-order valence-electron chi connectivity index (χ4n) is 8.33. The summed E-state index contributed by atoms with van der Waals surface area (Å²) in [5.41, 5.74) is 12.0. The van der Waals surface area contributed by atoms with E-state index in [9.17, 15) is 23.1 Å². The summed E-state index contributed by atoms with van der Waals surface area (Å²) < 4.78 is 31.7. The highest BCUT2D eigenvalue weighted by Gasteiger charge is 2.57. The third-order valence-corrected chi connectivity index (χ3v) is 11.7. The molecule has 3 N–H and O–H groups in total. The van der Waals surface area contributed by atoms with Crippen molar-refractivity contribution in [3.05, 3.63) is 58.0 Å². The quantitative estimate of drug-likeness (QED) is 0.166. The van der Waals surface area contributed by atoms with Gasteiger partial charge in [0.25, 0.3) is 5.91 Å². The van der Waals surface area contributed by atoms with Gasteiger partial charge in [-0.05, 0) is 72.2 Å². The smallest absolute Gasteiger partial charge is 0.264 e. The molecule has 3 aliphatic carbocycles. The van der Waals surface area contributed by atoms with Crippen molar-refractivity contribution in [2.24, 2.45) is 34.2 Å². The van der Waals surface area contributed by atoms with Crippen molar-refractivity contribution in [1.29, 1.82) is 0 Å². The van der Waals surface area contributed by atoms with E-state index in [1.807, 2.05) is 43.1 Å². The standard InChI is InChI=1S/C35H49N7O7S/c1-19-27-15-24(35(27,3)4)16-28(19)38-34(45)31-30(20(2)43)29(17-37-40-36)49-42(31)18-21-10-9-11-26(32(21)48-7)22-12-23(14-25(13-22)41(5)6)33(44)39-50(8,46)47/h9-14,19-20,24,27-31,43H,15-18H2,1-8H3,(H,38,45)(H,39,44)/t19-,20-,24+,27-,28-,29-,30+,31?/m0/s1. The molecule has 14 nitrogen and oxygen atoms in total. The number of amides is 2. The number of hydrogen-bond acceptors (Lipinski definition) is 10. The predicted octanol–water partition coefficient (Wildman–Crippen LogP) is 4.10. The van der Waals surface area contributed by atoms with Gasteiger partial charge in [0.05, 0.1) is 38.7 Å². The molecule has 2 aromatic rings. The summed E-state index contributed by atoms with van der Waals surface area (Å²) in [6.07, 6.45) is 1.27. The van der Waals surface area contributed by atoms with Gasteiger partial charge in [0.15, 0.2) is 0 Å². The minimum atomic E-state index is -3.80. The van der Waals surface area contributed by atoms with Gasteiger partial charge in [-0.25, -0.2) is 13.1 Å². The summed E-state index contributed by atoms with van der Waals surface area (Å²) in [7, 11) is 1.34. The van der Waals surface area contributed by atoms with Crippen LogP contribution in [0, 0.1) is 29.1 Å². The maximum absolute atomic E-state index is 14.3. The van der Waals surface area contributed by atoms with Gasteiger partial charge in [0.2, 0.25) is 15.9 Å². The van der Waals surface area contributed by atoms with Crippen molar-refractivity contribution < 1.29 is 32.7 Å². The summed E-state index contributed by atoms with van der Waals surface area (Å²) in [6, 6.07) is 9.62. The molecule has 2 aromatic carbocycles. The third-order valence-electron chi connectivity index (χ3n) is 11.1. The number of para-hydroxylation sites is 1. The predicted molar refractivity (Wildman–Crippen MR) is 190 cm³/mol. The second-order valence-electron chi connectivity index (χ2n) is 14.8. The second kappa shape index (κ2) is 14.4. The van der Waals surface area contributed by atoms with Gasteiger partial charge in [-0.15, -0.1) is 0 Å². The number of hydrogen-bond donors (Lipinski definition) is 3. The molecule has 1 heterocycles. The van der Waals surface area contributed by atoms with Crippen molar-refractivity contribution >= 4 is 27.5 Å². The van der Waals surface area contributed by atoms with E-state index in [0.717, 1.165) is 12.7 Å². The molecule has 0 aromatic heterocycles. The lowest BCUT2D eigenvalue weighted by Gasteiger charge is -2.62. The Morgan fingerprint density at radius 3 is 2.54 bits per heavy atom. The van der Waals surface area contributed by atoms with Crippen molar-refractivity contribution in [3.63, 3.8) is 0 Å². The number of aliphatic hydroxyl groups excluding tert-OH is 1. The first kappa shape index (κ1) is 37.4. The highest BCUT2D eigenvalue weighted by Crippen LogP contribution is 2.61. The number of aliphatic hydroxyl groups is 1. The topological polar surface area (TPSA) is 186 Å². The van der Waals surface area contributed by atoms with Crippen LogP contribution in [-0.4, -0.2) is 88.7 Å². The van der Waals surface area contributed by atoms with Crippen LogP contribution in [0.2, 0.25) is 0 Å². The molecular formula is C35H49N7O7S. The Balaban J connectivity index is 1.50. The van der Waals surface area contributed by atoms with Crippen LogP contribution in [0.1, 0.15) is 56.5 Å². The number of nitrogens with zero attached hydrogens (tertiary/aromatic N) is 5. The Morgan fingerprint density at radius 1 is 1.24 bits per heavy atom. The zero-order valence-electron chi connectivity index (χ0n) is 30.0. The number of nitrogens with one attached hydrogen (secondary N) is 2. The first-order chi connectivity index (χ1) is 23.5.